The van der Waals surface area contributed by atoms with Gasteiger partial charge >= 0.3 is 0 Å². The molecule has 32 heavy (non-hydrogen) atoms. The highest BCUT2D eigenvalue weighted by Gasteiger charge is 2.42. The predicted octanol–water partition coefficient (Wildman–Crippen LogP) is 5.09. The summed E-state index contributed by atoms with van der Waals surface area (Å²) in [5.41, 5.74) is 3.40. The summed E-state index contributed by atoms with van der Waals surface area (Å²) in [6.45, 7) is 2.67. The van der Waals surface area contributed by atoms with Crippen LogP contribution in [0.1, 0.15) is 36.0 Å². The normalized spacial score (nSPS) is 24.3. The molecule has 3 atom stereocenters. The Morgan fingerprint density at radius 2 is 1.94 bits per heavy atom. The third-order valence-electron chi connectivity index (χ3n) is 6.53. The van der Waals surface area contributed by atoms with E-state index in [0.29, 0.717) is 11.8 Å². The van der Waals surface area contributed by atoms with Gasteiger partial charge in [0.2, 0.25) is 5.91 Å². The van der Waals surface area contributed by atoms with Crippen LogP contribution >= 0.6 is 23.4 Å². The average Bonchev–Trinajstić information content (AvgIpc) is 2.79. The zero-order valence-electron chi connectivity index (χ0n) is 18.5. The summed E-state index contributed by atoms with van der Waals surface area (Å²) >= 11 is 7.62. The fourth-order valence-corrected chi connectivity index (χ4v) is 6.15. The van der Waals surface area contributed by atoms with Gasteiger partial charge in [-0.3, -0.25) is 9.59 Å². The first kappa shape index (κ1) is 22.9. The van der Waals surface area contributed by atoms with Crippen LogP contribution in [0, 0.1) is 12.8 Å². The number of likely N-dealkylation sites (N-methyl/N-ethyl adjacent to an activating group) is 1. The van der Waals surface area contributed by atoms with Crippen molar-refractivity contribution in [2.24, 2.45) is 5.92 Å². The van der Waals surface area contributed by atoms with Gasteiger partial charge in [-0.25, -0.2) is 0 Å². The fourth-order valence-electron chi connectivity index (χ4n) is 4.55. The number of hydrogen-bond donors (Lipinski definition) is 1. The lowest BCUT2D eigenvalue weighted by atomic mass is 9.83. The molecule has 1 saturated carbocycles. The van der Waals surface area contributed by atoms with E-state index < -0.39 is 0 Å². The molecule has 4 nitrogen and oxygen atoms in total. The molecule has 2 aliphatic rings. The average molecular weight is 469 g/mol. The summed E-state index contributed by atoms with van der Waals surface area (Å²) in [5, 5.41) is 4.15. The van der Waals surface area contributed by atoms with Gasteiger partial charge in [0.15, 0.2) is 0 Å². The number of rotatable bonds is 5. The first-order chi connectivity index (χ1) is 15.4. The minimum absolute atomic E-state index is 0.0424. The molecule has 0 radical (unpaired) electrons. The van der Waals surface area contributed by atoms with Crippen LogP contribution in [-0.4, -0.2) is 41.6 Å². The number of benzene rings is 2. The number of halogens is 1. The van der Waals surface area contributed by atoms with E-state index in [9.17, 15) is 9.59 Å². The van der Waals surface area contributed by atoms with Gasteiger partial charge in [0.1, 0.15) is 0 Å². The number of amides is 2. The number of hydrogen-bond acceptors (Lipinski definition) is 3. The summed E-state index contributed by atoms with van der Waals surface area (Å²) in [5.74, 6) is 0.118. The zero-order chi connectivity index (χ0) is 22.7. The van der Waals surface area contributed by atoms with Crippen molar-refractivity contribution in [3.05, 3.63) is 75.1 Å². The molecular weight excluding hydrogens is 440 g/mol. The van der Waals surface area contributed by atoms with Crippen LogP contribution in [-0.2, 0) is 16.0 Å². The smallest absolute Gasteiger partial charge is 0.260 e. The second-order valence-electron chi connectivity index (χ2n) is 8.68. The SMILES string of the molecule is Cc1ccccc1/C=C1\SC2CCC(C(=O)NCCc3ccc(Cl)cc3)CC2N(C)C1=O. The van der Waals surface area contributed by atoms with Gasteiger partial charge in [0, 0.05) is 35.8 Å². The Balaban J connectivity index is 1.35. The van der Waals surface area contributed by atoms with E-state index in [2.05, 4.69) is 18.3 Å². The monoisotopic (exact) mass is 468 g/mol. The zero-order valence-corrected chi connectivity index (χ0v) is 20.1. The Bertz CT molecular complexity index is 1020. The molecule has 1 N–H and O–H groups in total. The van der Waals surface area contributed by atoms with E-state index in [4.69, 9.17) is 11.6 Å². The topological polar surface area (TPSA) is 49.4 Å². The molecule has 2 aromatic carbocycles. The molecule has 0 spiro atoms. The first-order valence-corrected chi connectivity index (χ1v) is 12.4. The molecule has 1 aliphatic heterocycles. The molecule has 3 unspecified atom stereocenters. The molecular formula is C26H29ClN2O2S. The lowest BCUT2D eigenvalue weighted by molar-refractivity contribution is -0.131. The van der Waals surface area contributed by atoms with Crippen LogP contribution in [0.25, 0.3) is 6.08 Å². The Kier molecular flexibility index (Phi) is 7.27. The number of carbonyl (C=O) groups is 2. The lowest BCUT2D eigenvalue weighted by Gasteiger charge is -2.44. The second-order valence-corrected chi connectivity index (χ2v) is 10.4. The number of nitrogens with one attached hydrogen (secondary N) is 1. The Labute approximate surface area is 199 Å². The van der Waals surface area contributed by atoms with E-state index in [1.807, 2.05) is 60.5 Å². The maximum absolute atomic E-state index is 13.1. The standard InChI is InChI=1S/C26H29ClN2O2S/c1-17-5-3-4-6-19(17)16-24-26(31)29(2)22-15-20(9-12-23(22)32-24)25(30)28-14-13-18-7-10-21(27)11-8-18/h3-8,10-11,16,20,22-23H,9,12-15H2,1-2H3,(H,28,30)/b24-16-. The summed E-state index contributed by atoms with van der Waals surface area (Å²) in [7, 11) is 1.88. The van der Waals surface area contributed by atoms with Gasteiger partial charge in [-0.05, 0) is 67.5 Å². The van der Waals surface area contributed by atoms with Gasteiger partial charge in [-0.15, -0.1) is 11.8 Å². The number of carbonyl (C=O) groups excluding carboxylic acids is 2. The van der Waals surface area contributed by atoms with Crippen molar-refractivity contribution in [3.63, 3.8) is 0 Å². The highest BCUT2D eigenvalue weighted by molar-refractivity contribution is 8.04. The molecule has 6 heteroatoms. The van der Waals surface area contributed by atoms with Crippen LogP contribution in [0.3, 0.4) is 0 Å². The van der Waals surface area contributed by atoms with Crippen molar-refractivity contribution in [1.29, 1.82) is 0 Å². The molecule has 4 rings (SSSR count). The van der Waals surface area contributed by atoms with E-state index in [1.54, 1.807) is 11.8 Å². The molecule has 1 saturated heterocycles. The number of nitrogens with zero attached hydrogens (tertiary/aromatic N) is 1. The lowest BCUT2D eigenvalue weighted by Crippen LogP contribution is -2.52. The molecule has 2 aromatic rings. The molecule has 1 heterocycles. The maximum atomic E-state index is 13.1. The van der Waals surface area contributed by atoms with Crippen molar-refractivity contribution in [2.45, 2.75) is 43.9 Å². The fraction of sp³-hybridized carbons (Fsp3) is 0.385. The molecule has 168 valence electrons. The van der Waals surface area contributed by atoms with Crippen LogP contribution in [0.2, 0.25) is 5.02 Å². The van der Waals surface area contributed by atoms with Crippen molar-refractivity contribution >= 4 is 41.3 Å². The third-order valence-corrected chi connectivity index (χ3v) is 8.18. The van der Waals surface area contributed by atoms with Crippen molar-refractivity contribution in [2.75, 3.05) is 13.6 Å². The molecule has 2 amide bonds. The van der Waals surface area contributed by atoms with Gasteiger partial charge in [0.25, 0.3) is 5.91 Å². The minimum atomic E-state index is -0.0424. The van der Waals surface area contributed by atoms with Crippen LogP contribution in [0.5, 0.6) is 0 Å². The summed E-state index contributed by atoms with van der Waals surface area (Å²) in [4.78, 5) is 28.5. The Morgan fingerprint density at radius 3 is 2.69 bits per heavy atom. The molecule has 0 bridgehead atoms. The van der Waals surface area contributed by atoms with Gasteiger partial charge < -0.3 is 10.2 Å². The first-order valence-electron chi connectivity index (χ1n) is 11.2. The molecule has 1 aliphatic carbocycles. The Morgan fingerprint density at radius 1 is 1.19 bits per heavy atom. The summed E-state index contributed by atoms with van der Waals surface area (Å²) in [6, 6.07) is 15.9. The number of fused-ring (bicyclic) bond motifs is 1. The van der Waals surface area contributed by atoms with E-state index in [1.165, 1.54) is 0 Å². The van der Waals surface area contributed by atoms with Crippen molar-refractivity contribution in [1.82, 2.24) is 10.2 Å². The number of thioether (sulfide) groups is 1. The van der Waals surface area contributed by atoms with Crippen LogP contribution in [0.4, 0.5) is 0 Å². The summed E-state index contributed by atoms with van der Waals surface area (Å²) < 4.78 is 0. The maximum Gasteiger partial charge on any atom is 0.260 e. The van der Waals surface area contributed by atoms with E-state index >= 15 is 0 Å². The Hall–Kier alpha value is -2.24. The van der Waals surface area contributed by atoms with Gasteiger partial charge in [0.05, 0.1) is 4.91 Å². The molecule has 2 fully saturated rings. The highest BCUT2D eigenvalue weighted by Crippen LogP contribution is 2.43. The quantitative estimate of drug-likeness (QED) is 0.622. The number of aryl methyl sites for hydroxylation is 1. The van der Waals surface area contributed by atoms with Crippen molar-refractivity contribution in [3.8, 4) is 0 Å². The van der Waals surface area contributed by atoms with E-state index in [-0.39, 0.29) is 23.8 Å². The highest BCUT2D eigenvalue weighted by atomic mass is 35.5. The van der Waals surface area contributed by atoms with Gasteiger partial charge in [-0.2, -0.15) is 0 Å². The van der Waals surface area contributed by atoms with Crippen molar-refractivity contribution < 1.29 is 9.59 Å². The van der Waals surface area contributed by atoms with Crippen LogP contribution < -0.4 is 5.32 Å². The van der Waals surface area contributed by atoms with E-state index in [0.717, 1.165) is 52.3 Å². The third kappa shape index (κ3) is 5.21. The van der Waals surface area contributed by atoms with Crippen LogP contribution in [0.15, 0.2) is 53.4 Å². The predicted molar refractivity (Wildman–Crippen MR) is 133 cm³/mol. The summed E-state index contributed by atoms with van der Waals surface area (Å²) in [6.07, 6.45) is 5.33. The second kappa shape index (κ2) is 10.1. The minimum Gasteiger partial charge on any atom is -0.356 e. The largest absolute Gasteiger partial charge is 0.356 e. The van der Waals surface area contributed by atoms with Gasteiger partial charge in [-0.1, -0.05) is 48.0 Å². The molecule has 0 aromatic heterocycles.